The molecule has 2 aliphatic heterocycles. The molecule has 43 heavy (non-hydrogen) atoms. The minimum atomic E-state index is -0.839. The van der Waals surface area contributed by atoms with Crippen molar-refractivity contribution in [2.45, 2.75) is 20.0 Å². The van der Waals surface area contributed by atoms with Gasteiger partial charge in [-0.15, -0.1) is 0 Å². The third-order valence-electron chi connectivity index (χ3n) is 8.81. The number of anilines is 1. The Morgan fingerprint density at radius 3 is 2.53 bits per heavy atom. The molecule has 4 aromatic rings. The Labute approximate surface area is 249 Å². The first-order valence-corrected chi connectivity index (χ1v) is 14.8. The molecule has 0 saturated carbocycles. The van der Waals surface area contributed by atoms with Crippen LogP contribution in [0.5, 0.6) is 11.8 Å². The van der Waals surface area contributed by atoms with Crippen LogP contribution in [-0.4, -0.2) is 86.7 Å². The van der Waals surface area contributed by atoms with E-state index in [9.17, 15) is 15.0 Å². The molecule has 0 bridgehead atoms. The average Bonchev–Trinajstić information content (AvgIpc) is 3.32. The molecule has 2 aromatic carbocycles. The number of aromatic hydroxyl groups is 1. The number of rotatable bonds is 7. The highest BCUT2D eigenvalue weighted by atomic mass is 19.1. The molecule has 2 fully saturated rings. The number of hydrogen-bond donors (Lipinski definition) is 2. The maximum absolute atomic E-state index is 15.6. The molecule has 2 aliphatic rings. The van der Waals surface area contributed by atoms with Crippen molar-refractivity contribution in [1.82, 2.24) is 24.6 Å². The summed E-state index contributed by atoms with van der Waals surface area (Å²) >= 11 is 0. The van der Waals surface area contributed by atoms with Crippen LogP contribution in [0.15, 0.2) is 54.6 Å². The van der Waals surface area contributed by atoms with Gasteiger partial charge < -0.3 is 24.7 Å². The van der Waals surface area contributed by atoms with Gasteiger partial charge in [-0.1, -0.05) is 37.3 Å². The molecule has 11 heteroatoms. The summed E-state index contributed by atoms with van der Waals surface area (Å²) in [4.78, 5) is 21.5. The molecular formula is C32H37FN6O4. The Kier molecular flexibility index (Phi) is 8.07. The molecule has 0 radical (unpaired) electrons. The Balaban J connectivity index is 1.13. The van der Waals surface area contributed by atoms with Crippen LogP contribution < -0.4 is 9.64 Å². The van der Waals surface area contributed by atoms with E-state index in [4.69, 9.17) is 4.74 Å². The Bertz CT molecular complexity index is 1600. The van der Waals surface area contributed by atoms with Gasteiger partial charge in [-0.2, -0.15) is 10.1 Å². The first-order valence-electron chi connectivity index (χ1n) is 14.8. The fourth-order valence-corrected chi connectivity index (χ4v) is 6.28. The molecule has 6 rings (SSSR count). The van der Waals surface area contributed by atoms with E-state index >= 15 is 4.39 Å². The van der Waals surface area contributed by atoms with Crippen molar-refractivity contribution in [2.75, 3.05) is 50.7 Å². The maximum Gasteiger partial charge on any atom is 0.407 e. The molecule has 1 amide bonds. The van der Waals surface area contributed by atoms with Gasteiger partial charge in [-0.25, -0.2) is 9.18 Å². The van der Waals surface area contributed by atoms with Crippen molar-refractivity contribution in [2.24, 2.45) is 18.9 Å². The normalized spacial score (nSPS) is 19.6. The monoisotopic (exact) mass is 588 g/mol. The van der Waals surface area contributed by atoms with E-state index in [-0.39, 0.29) is 17.6 Å². The molecule has 0 spiro atoms. The summed E-state index contributed by atoms with van der Waals surface area (Å²) in [5.41, 5.74) is 3.15. The van der Waals surface area contributed by atoms with Crippen LogP contribution in [0, 0.1) is 17.7 Å². The molecule has 226 valence electrons. The standard InChI is InChI=1S/C32H37FN6O4/c1-21-18-39(32(41)42)11-10-23(21)19-37-12-14-38(15-13-37)28-17-27-25(16-26(28)33)30(35-36(27)2)24-8-9-29(34-31(24)40)43-20-22-6-4-3-5-7-22/h3-9,16-17,21,23H,10-15,18-20H2,1-2H3,(H,34,40)(H,41,42)/t21-,23-/m1/s1. The number of amides is 1. The van der Waals surface area contributed by atoms with Crippen molar-refractivity contribution in [1.29, 1.82) is 0 Å². The summed E-state index contributed by atoms with van der Waals surface area (Å²) < 4.78 is 23.1. The van der Waals surface area contributed by atoms with E-state index in [2.05, 4.69) is 26.8 Å². The Morgan fingerprint density at radius 2 is 1.84 bits per heavy atom. The molecule has 2 aromatic heterocycles. The van der Waals surface area contributed by atoms with Crippen LogP contribution in [0.1, 0.15) is 18.9 Å². The number of fused-ring (bicyclic) bond motifs is 1. The van der Waals surface area contributed by atoms with Crippen molar-refractivity contribution >= 4 is 22.7 Å². The quantitative estimate of drug-likeness (QED) is 0.317. The lowest BCUT2D eigenvalue weighted by atomic mass is 9.86. The van der Waals surface area contributed by atoms with E-state index in [1.165, 1.54) is 11.0 Å². The summed E-state index contributed by atoms with van der Waals surface area (Å²) in [6.45, 7) is 7.59. The Morgan fingerprint density at radius 1 is 1.07 bits per heavy atom. The van der Waals surface area contributed by atoms with Crippen LogP contribution in [0.3, 0.4) is 0 Å². The minimum absolute atomic E-state index is 0.228. The van der Waals surface area contributed by atoms with Crippen molar-refractivity contribution < 1.29 is 24.1 Å². The fourth-order valence-electron chi connectivity index (χ4n) is 6.28. The molecule has 0 unspecified atom stereocenters. The number of carboxylic acid groups (broad SMARTS) is 1. The maximum atomic E-state index is 15.6. The molecule has 2 N–H and O–H groups in total. The van der Waals surface area contributed by atoms with E-state index in [0.29, 0.717) is 67.0 Å². The summed E-state index contributed by atoms with van der Waals surface area (Å²) in [5.74, 6) is 0.500. The molecular weight excluding hydrogens is 551 g/mol. The second kappa shape index (κ2) is 12.1. The predicted molar refractivity (Wildman–Crippen MR) is 162 cm³/mol. The number of nitrogens with zero attached hydrogens (tertiary/aromatic N) is 6. The molecule has 0 aliphatic carbocycles. The van der Waals surface area contributed by atoms with Gasteiger partial charge in [0.1, 0.15) is 18.1 Å². The number of aryl methyl sites for hydroxylation is 1. The number of hydrogen-bond acceptors (Lipinski definition) is 7. The number of likely N-dealkylation sites (tertiary alicyclic amines) is 1. The summed E-state index contributed by atoms with van der Waals surface area (Å²) in [6.07, 6.45) is 0.0324. The fraction of sp³-hybridized carbons (Fsp3) is 0.406. The highest BCUT2D eigenvalue weighted by molar-refractivity contribution is 5.96. The lowest BCUT2D eigenvalue weighted by Crippen LogP contribution is -2.51. The highest BCUT2D eigenvalue weighted by Gasteiger charge is 2.31. The van der Waals surface area contributed by atoms with Crippen LogP contribution in [-0.2, 0) is 13.7 Å². The van der Waals surface area contributed by atoms with Gasteiger partial charge in [0.05, 0.1) is 16.8 Å². The minimum Gasteiger partial charge on any atom is -0.493 e. The number of carbonyl (C=O) groups is 1. The lowest BCUT2D eigenvalue weighted by Gasteiger charge is -2.41. The predicted octanol–water partition coefficient (Wildman–Crippen LogP) is 4.82. The topological polar surface area (TPSA) is 107 Å². The van der Waals surface area contributed by atoms with Gasteiger partial charge in [0.2, 0.25) is 11.8 Å². The van der Waals surface area contributed by atoms with Gasteiger partial charge in [0.15, 0.2) is 0 Å². The molecule has 2 atom stereocenters. The number of piperidine rings is 1. The smallest absolute Gasteiger partial charge is 0.407 e. The number of halogens is 1. The summed E-state index contributed by atoms with van der Waals surface area (Å²) in [6, 6.07) is 16.4. The zero-order valence-corrected chi connectivity index (χ0v) is 24.5. The number of benzene rings is 2. The second-order valence-electron chi connectivity index (χ2n) is 11.6. The molecule has 4 heterocycles. The van der Waals surface area contributed by atoms with E-state index in [1.54, 1.807) is 16.8 Å². The number of aromatic nitrogens is 3. The van der Waals surface area contributed by atoms with Crippen molar-refractivity contribution in [3.05, 3.63) is 66.0 Å². The Hall–Kier alpha value is -4.38. The van der Waals surface area contributed by atoms with Gasteiger partial charge in [0, 0.05) is 64.3 Å². The largest absolute Gasteiger partial charge is 0.493 e. The molecule has 2 saturated heterocycles. The lowest BCUT2D eigenvalue weighted by molar-refractivity contribution is 0.0836. The van der Waals surface area contributed by atoms with Crippen LogP contribution in [0.2, 0.25) is 0 Å². The molecule has 10 nitrogen and oxygen atoms in total. The number of pyridine rings is 1. The van der Waals surface area contributed by atoms with E-state index in [1.807, 2.05) is 43.4 Å². The van der Waals surface area contributed by atoms with Crippen molar-refractivity contribution in [3.8, 4) is 23.0 Å². The first-order chi connectivity index (χ1) is 20.8. The van der Waals surface area contributed by atoms with Crippen LogP contribution in [0.25, 0.3) is 22.2 Å². The second-order valence-corrected chi connectivity index (χ2v) is 11.6. The number of ether oxygens (including phenoxy) is 1. The zero-order valence-electron chi connectivity index (χ0n) is 24.5. The summed E-state index contributed by atoms with van der Waals surface area (Å²) in [7, 11) is 1.81. The average molecular weight is 589 g/mol. The van der Waals surface area contributed by atoms with Crippen LogP contribution in [0.4, 0.5) is 14.9 Å². The van der Waals surface area contributed by atoms with Gasteiger partial charge in [-0.05, 0) is 42.0 Å². The first kappa shape index (κ1) is 28.7. The van der Waals surface area contributed by atoms with Gasteiger partial charge >= 0.3 is 6.09 Å². The third-order valence-corrected chi connectivity index (χ3v) is 8.81. The van der Waals surface area contributed by atoms with E-state index in [0.717, 1.165) is 37.1 Å². The van der Waals surface area contributed by atoms with Crippen molar-refractivity contribution in [3.63, 3.8) is 0 Å². The third kappa shape index (κ3) is 6.08. The number of piperazine rings is 1. The zero-order chi connectivity index (χ0) is 30.1. The summed E-state index contributed by atoms with van der Waals surface area (Å²) in [5, 5.41) is 25.3. The van der Waals surface area contributed by atoms with Crippen LogP contribution >= 0.6 is 0 Å². The van der Waals surface area contributed by atoms with Gasteiger partial charge in [0.25, 0.3) is 0 Å². The SMILES string of the molecule is C[C@@H]1CN(C(=O)O)CC[C@@H]1CN1CCN(c2cc3c(cc2F)c(-c2ccc(OCc4ccccc4)nc2O)nn3C)CC1. The van der Waals surface area contributed by atoms with E-state index < -0.39 is 6.09 Å². The van der Waals surface area contributed by atoms with Gasteiger partial charge in [-0.3, -0.25) is 9.58 Å². The highest BCUT2D eigenvalue weighted by Crippen LogP contribution is 2.37.